The molecular formula is C26H26FN3O4S. The van der Waals surface area contributed by atoms with E-state index in [1.54, 1.807) is 4.90 Å². The molecule has 9 heteroatoms. The molecule has 7 nitrogen and oxygen atoms in total. The molecule has 1 heterocycles. The molecule has 1 aliphatic heterocycles. The molecule has 0 saturated heterocycles. The Bertz CT molecular complexity index is 1330. The van der Waals surface area contributed by atoms with Gasteiger partial charge < -0.3 is 10.2 Å². The zero-order chi connectivity index (χ0) is 25.0. The van der Waals surface area contributed by atoms with Gasteiger partial charge in [0.1, 0.15) is 5.82 Å². The van der Waals surface area contributed by atoms with Gasteiger partial charge in [-0.25, -0.2) is 12.8 Å². The number of nitrogens with one attached hydrogen (secondary N) is 1. The second-order valence-electron chi connectivity index (χ2n) is 8.44. The number of amides is 2. The standard InChI is InChI=1S/C26H26FN3O4S/c1-19(31)28-24-10-12-25(13-11-24)35(33,34)30(16-20-6-8-23(27)9-7-20)18-26(32)29-15-14-21-4-2-3-5-22(21)17-29/h2-13H,14-18H2,1H3,(H,28,31). The summed E-state index contributed by atoms with van der Waals surface area (Å²) in [7, 11) is -4.07. The topological polar surface area (TPSA) is 86.8 Å². The second kappa shape index (κ2) is 10.4. The number of fused-ring (bicyclic) bond motifs is 1. The molecule has 0 unspecified atom stereocenters. The lowest BCUT2D eigenvalue weighted by Crippen LogP contribution is -2.44. The van der Waals surface area contributed by atoms with Gasteiger partial charge in [-0.15, -0.1) is 0 Å². The number of hydrogen-bond donors (Lipinski definition) is 1. The zero-order valence-electron chi connectivity index (χ0n) is 19.3. The molecule has 0 aliphatic carbocycles. The van der Waals surface area contributed by atoms with E-state index in [0.717, 1.165) is 9.87 Å². The van der Waals surface area contributed by atoms with Gasteiger partial charge in [-0.05, 0) is 59.5 Å². The first-order valence-electron chi connectivity index (χ1n) is 11.2. The minimum atomic E-state index is -4.07. The molecule has 0 saturated carbocycles. The van der Waals surface area contributed by atoms with Crippen molar-refractivity contribution in [3.8, 4) is 0 Å². The van der Waals surface area contributed by atoms with E-state index in [9.17, 15) is 22.4 Å². The number of sulfonamides is 1. The molecule has 0 bridgehead atoms. The van der Waals surface area contributed by atoms with Crippen molar-refractivity contribution in [2.24, 2.45) is 0 Å². The van der Waals surface area contributed by atoms with Gasteiger partial charge in [0.05, 0.1) is 11.4 Å². The summed E-state index contributed by atoms with van der Waals surface area (Å²) in [6.45, 7) is 1.85. The number of carbonyl (C=O) groups excluding carboxylic acids is 2. The van der Waals surface area contributed by atoms with E-state index < -0.39 is 15.8 Å². The summed E-state index contributed by atoms with van der Waals surface area (Å²) in [5.74, 6) is -1.01. The fraction of sp³-hybridized carbons (Fsp3) is 0.231. The monoisotopic (exact) mass is 495 g/mol. The summed E-state index contributed by atoms with van der Waals surface area (Å²) in [5, 5.41) is 2.60. The van der Waals surface area contributed by atoms with Crippen molar-refractivity contribution in [2.45, 2.75) is 31.3 Å². The molecule has 182 valence electrons. The smallest absolute Gasteiger partial charge is 0.243 e. The Hall–Kier alpha value is -3.56. The van der Waals surface area contributed by atoms with Crippen LogP contribution in [0.15, 0.2) is 77.7 Å². The van der Waals surface area contributed by atoms with Gasteiger partial charge in [-0.3, -0.25) is 9.59 Å². The number of hydrogen-bond acceptors (Lipinski definition) is 4. The largest absolute Gasteiger partial charge is 0.337 e. The van der Waals surface area contributed by atoms with Crippen LogP contribution in [0.5, 0.6) is 0 Å². The van der Waals surface area contributed by atoms with Crippen LogP contribution in [0.3, 0.4) is 0 Å². The van der Waals surface area contributed by atoms with E-state index in [0.29, 0.717) is 30.8 Å². The van der Waals surface area contributed by atoms with E-state index in [4.69, 9.17) is 0 Å². The third kappa shape index (κ3) is 5.93. The molecule has 1 N–H and O–H groups in total. The van der Waals surface area contributed by atoms with Gasteiger partial charge >= 0.3 is 0 Å². The Labute approximate surface area is 204 Å². The predicted molar refractivity (Wildman–Crippen MR) is 130 cm³/mol. The highest BCUT2D eigenvalue weighted by atomic mass is 32.2. The van der Waals surface area contributed by atoms with Crippen molar-refractivity contribution in [2.75, 3.05) is 18.4 Å². The number of halogens is 1. The van der Waals surface area contributed by atoms with E-state index >= 15 is 0 Å². The van der Waals surface area contributed by atoms with Gasteiger partial charge in [0, 0.05) is 32.2 Å². The highest BCUT2D eigenvalue weighted by molar-refractivity contribution is 7.89. The SMILES string of the molecule is CC(=O)Nc1ccc(S(=O)(=O)N(CC(=O)N2CCc3ccccc3C2)Cc2ccc(F)cc2)cc1. The van der Waals surface area contributed by atoms with Crippen LogP contribution in [0.4, 0.5) is 10.1 Å². The quantitative estimate of drug-likeness (QED) is 0.543. The summed E-state index contributed by atoms with van der Waals surface area (Å²) < 4.78 is 41.6. The third-order valence-corrected chi connectivity index (χ3v) is 7.69. The summed E-state index contributed by atoms with van der Waals surface area (Å²) in [4.78, 5) is 26.2. The fourth-order valence-electron chi connectivity index (χ4n) is 4.04. The van der Waals surface area contributed by atoms with Gasteiger partial charge in [0.2, 0.25) is 21.8 Å². The Morgan fingerprint density at radius 1 is 0.971 bits per heavy atom. The van der Waals surface area contributed by atoms with Gasteiger partial charge in [-0.2, -0.15) is 4.31 Å². The molecule has 3 aromatic carbocycles. The van der Waals surface area contributed by atoms with E-state index in [2.05, 4.69) is 5.32 Å². The van der Waals surface area contributed by atoms with Crippen molar-refractivity contribution < 1.29 is 22.4 Å². The third-order valence-electron chi connectivity index (χ3n) is 5.88. The van der Waals surface area contributed by atoms with Crippen LogP contribution in [0.2, 0.25) is 0 Å². The predicted octanol–water partition coefficient (Wildman–Crippen LogP) is 3.56. The number of anilines is 1. The maximum absolute atomic E-state index is 13.5. The lowest BCUT2D eigenvalue weighted by molar-refractivity contribution is -0.132. The summed E-state index contributed by atoms with van der Waals surface area (Å²) >= 11 is 0. The van der Waals surface area contributed by atoms with E-state index in [-0.39, 0.29) is 29.8 Å². The molecule has 0 aromatic heterocycles. The molecular weight excluding hydrogens is 469 g/mol. The molecule has 0 radical (unpaired) electrons. The van der Waals surface area contributed by atoms with E-state index in [1.807, 2.05) is 24.3 Å². The van der Waals surface area contributed by atoms with Crippen LogP contribution in [0, 0.1) is 5.82 Å². The van der Waals surface area contributed by atoms with Crippen LogP contribution < -0.4 is 5.32 Å². The molecule has 0 atom stereocenters. The highest BCUT2D eigenvalue weighted by Crippen LogP contribution is 2.23. The average molecular weight is 496 g/mol. The Morgan fingerprint density at radius 2 is 1.63 bits per heavy atom. The maximum atomic E-state index is 13.5. The lowest BCUT2D eigenvalue weighted by Gasteiger charge is -2.31. The summed E-state index contributed by atoms with van der Waals surface area (Å²) in [6, 6.07) is 19.2. The van der Waals surface area contributed by atoms with E-state index in [1.165, 1.54) is 61.0 Å². The number of nitrogens with zero attached hydrogens (tertiary/aromatic N) is 2. The van der Waals surface area contributed by atoms with Crippen LogP contribution in [0.1, 0.15) is 23.6 Å². The Morgan fingerprint density at radius 3 is 2.29 bits per heavy atom. The lowest BCUT2D eigenvalue weighted by atomic mass is 10.00. The van der Waals surface area contributed by atoms with Crippen LogP contribution >= 0.6 is 0 Å². The molecule has 0 fully saturated rings. The minimum Gasteiger partial charge on any atom is -0.337 e. The fourth-order valence-corrected chi connectivity index (χ4v) is 5.42. The molecule has 35 heavy (non-hydrogen) atoms. The number of carbonyl (C=O) groups is 2. The molecule has 4 rings (SSSR count). The summed E-state index contributed by atoms with van der Waals surface area (Å²) in [5.41, 5.74) is 3.26. The normalized spacial score (nSPS) is 13.4. The highest BCUT2D eigenvalue weighted by Gasteiger charge is 2.30. The Balaban J connectivity index is 1.58. The van der Waals surface area contributed by atoms with Crippen LogP contribution in [-0.2, 0) is 39.1 Å². The molecule has 3 aromatic rings. The van der Waals surface area contributed by atoms with Gasteiger partial charge in [0.15, 0.2) is 0 Å². The van der Waals surface area contributed by atoms with Gasteiger partial charge in [-0.1, -0.05) is 36.4 Å². The molecule has 2 amide bonds. The molecule has 0 spiro atoms. The maximum Gasteiger partial charge on any atom is 0.243 e. The van der Waals surface area contributed by atoms with Gasteiger partial charge in [0.25, 0.3) is 0 Å². The first-order valence-corrected chi connectivity index (χ1v) is 12.6. The molecule has 1 aliphatic rings. The van der Waals surface area contributed by atoms with Crippen molar-refractivity contribution in [3.63, 3.8) is 0 Å². The van der Waals surface area contributed by atoms with Crippen molar-refractivity contribution >= 4 is 27.5 Å². The first kappa shape index (κ1) is 24.6. The minimum absolute atomic E-state index is 0.00879. The van der Waals surface area contributed by atoms with Crippen molar-refractivity contribution in [3.05, 3.63) is 95.3 Å². The van der Waals surface area contributed by atoms with Crippen LogP contribution in [-0.4, -0.2) is 42.5 Å². The number of rotatable bonds is 7. The average Bonchev–Trinajstić information content (AvgIpc) is 2.84. The zero-order valence-corrected chi connectivity index (χ0v) is 20.1. The van der Waals surface area contributed by atoms with Crippen molar-refractivity contribution in [1.29, 1.82) is 0 Å². The van der Waals surface area contributed by atoms with Crippen molar-refractivity contribution in [1.82, 2.24) is 9.21 Å². The Kier molecular flexibility index (Phi) is 7.28. The summed E-state index contributed by atoms with van der Waals surface area (Å²) in [6.07, 6.45) is 0.706. The first-order chi connectivity index (χ1) is 16.7. The van der Waals surface area contributed by atoms with Crippen LogP contribution in [0.25, 0.3) is 0 Å². The second-order valence-corrected chi connectivity index (χ2v) is 10.4. The number of benzene rings is 3.